The van der Waals surface area contributed by atoms with Crippen LogP contribution in [0.1, 0.15) is 43.1 Å². The van der Waals surface area contributed by atoms with Crippen LogP contribution in [0, 0.1) is 0 Å². The Morgan fingerprint density at radius 3 is 2.58 bits per heavy atom. The van der Waals surface area contributed by atoms with Crippen LogP contribution in [-0.4, -0.2) is 62.1 Å². The second-order valence-electron chi connectivity index (χ2n) is 7.27. The van der Waals surface area contributed by atoms with E-state index < -0.39 is 0 Å². The van der Waals surface area contributed by atoms with Gasteiger partial charge in [-0.3, -0.25) is 9.69 Å². The van der Waals surface area contributed by atoms with Crippen molar-refractivity contribution < 1.29 is 4.79 Å². The Kier molecular flexibility index (Phi) is 5.24. The van der Waals surface area contributed by atoms with Crippen molar-refractivity contribution in [3.8, 4) is 0 Å². The molecule has 7 heteroatoms. The summed E-state index contributed by atoms with van der Waals surface area (Å²) in [6.45, 7) is 4.16. The summed E-state index contributed by atoms with van der Waals surface area (Å²) in [5.74, 6) is 1.23. The normalized spacial score (nSPS) is 18.2. The van der Waals surface area contributed by atoms with Gasteiger partial charge in [0.1, 0.15) is 0 Å². The summed E-state index contributed by atoms with van der Waals surface area (Å²) < 4.78 is 1.97. The minimum Gasteiger partial charge on any atom is -0.340 e. The SMILES string of the molecule is O=C(CCCc1ccccc1)N1CCN(Cc2nnnn2C2CC2)CC1. The predicted octanol–water partition coefficient (Wildman–Crippen LogP) is 1.68. The molecule has 0 spiro atoms. The Labute approximate surface area is 154 Å². The van der Waals surface area contributed by atoms with Crippen LogP contribution in [0.4, 0.5) is 0 Å². The van der Waals surface area contributed by atoms with Crippen LogP contribution in [0.15, 0.2) is 30.3 Å². The zero-order valence-corrected chi connectivity index (χ0v) is 15.1. The number of carbonyl (C=O) groups excluding carboxylic acids is 1. The van der Waals surface area contributed by atoms with E-state index in [0.29, 0.717) is 12.5 Å². The fourth-order valence-electron chi connectivity index (χ4n) is 3.52. The standard InChI is InChI=1S/C19H26N6O/c26-19(8-4-7-16-5-2-1-3-6-16)24-13-11-23(12-14-24)15-18-20-21-22-25(18)17-9-10-17/h1-3,5-6,17H,4,7-15H2. The maximum absolute atomic E-state index is 12.4. The molecule has 0 unspecified atom stereocenters. The van der Waals surface area contributed by atoms with Crippen LogP contribution in [0.5, 0.6) is 0 Å². The molecule has 2 heterocycles. The van der Waals surface area contributed by atoms with Crippen molar-refractivity contribution >= 4 is 5.91 Å². The average molecular weight is 354 g/mol. The Balaban J connectivity index is 1.19. The molecule has 2 fully saturated rings. The van der Waals surface area contributed by atoms with E-state index in [0.717, 1.165) is 51.4 Å². The average Bonchev–Trinajstić information content (AvgIpc) is 3.42. The van der Waals surface area contributed by atoms with Crippen LogP contribution in [-0.2, 0) is 17.8 Å². The van der Waals surface area contributed by atoms with Gasteiger partial charge in [0.05, 0.1) is 12.6 Å². The van der Waals surface area contributed by atoms with E-state index in [1.807, 2.05) is 15.6 Å². The van der Waals surface area contributed by atoms with Crippen molar-refractivity contribution in [1.82, 2.24) is 30.0 Å². The Morgan fingerprint density at radius 2 is 1.85 bits per heavy atom. The molecule has 26 heavy (non-hydrogen) atoms. The van der Waals surface area contributed by atoms with Gasteiger partial charge in [-0.15, -0.1) is 5.10 Å². The van der Waals surface area contributed by atoms with Crippen LogP contribution in [0.2, 0.25) is 0 Å². The lowest BCUT2D eigenvalue weighted by molar-refractivity contribution is -0.133. The monoisotopic (exact) mass is 354 g/mol. The molecule has 1 aromatic heterocycles. The first kappa shape index (κ1) is 17.1. The van der Waals surface area contributed by atoms with E-state index in [1.165, 1.54) is 18.4 Å². The molecule has 1 aliphatic heterocycles. The fraction of sp³-hybridized carbons (Fsp3) is 0.579. The van der Waals surface area contributed by atoms with E-state index >= 15 is 0 Å². The lowest BCUT2D eigenvalue weighted by Gasteiger charge is -2.34. The zero-order chi connectivity index (χ0) is 17.8. The van der Waals surface area contributed by atoms with Gasteiger partial charge in [-0.25, -0.2) is 4.68 Å². The van der Waals surface area contributed by atoms with E-state index in [-0.39, 0.29) is 5.91 Å². The third-order valence-electron chi connectivity index (χ3n) is 5.24. The number of aromatic nitrogens is 4. The molecule has 0 radical (unpaired) electrons. The number of rotatable bonds is 7. The van der Waals surface area contributed by atoms with Crippen LogP contribution >= 0.6 is 0 Å². The fourth-order valence-corrected chi connectivity index (χ4v) is 3.52. The molecular weight excluding hydrogens is 328 g/mol. The quantitative estimate of drug-likeness (QED) is 0.757. The van der Waals surface area contributed by atoms with Crippen molar-refractivity contribution in [3.63, 3.8) is 0 Å². The molecule has 0 atom stereocenters. The maximum Gasteiger partial charge on any atom is 0.222 e. The molecule has 4 rings (SSSR count). The lowest BCUT2D eigenvalue weighted by atomic mass is 10.1. The highest BCUT2D eigenvalue weighted by Gasteiger charge is 2.29. The topological polar surface area (TPSA) is 67.2 Å². The zero-order valence-electron chi connectivity index (χ0n) is 15.1. The highest BCUT2D eigenvalue weighted by Crippen LogP contribution is 2.34. The molecule has 0 N–H and O–H groups in total. The second kappa shape index (κ2) is 7.95. The van der Waals surface area contributed by atoms with Crippen molar-refractivity contribution in [2.24, 2.45) is 0 Å². The third kappa shape index (κ3) is 4.27. The van der Waals surface area contributed by atoms with Gasteiger partial charge in [-0.05, 0) is 41.7 Å². The van der Waals surface area contributed by atoms with Crippen LogP contribution < -0.4 is 0 Å². The molecule has 1 saturated carbocycles. The van der Waals surface area contributed by atoms with Crippen molar-refractivity contribution in [2.45, 2.75) is 44.7 Å². The molecule has 7 nitrogen and oxygen atoms in total. The number of carbonyl (C=O) groups is 1. The van der Waals surface area contributed by atoms with Crippen molar-refractivity contribution in [1.29, 1.82) is 0 Å². The first-order chi connectivity index (χ1) is 12.8. The number of amides is 1. The van der Waals surface area contributed by atoms with Crippen LogP contribution in [0.25, 0.3) is 0 Å². The number of benzene rings is 1. The summed E-state index contributed by atoms with van der Waals surface area (Å²) >= 11 is 0. The van der Waals surface area contributed by atoms with Gasteiger partial charge in [-0.1, -0.05) is 30.3 Å². The number of nitrogens with zero attached hydrogens (tertiary/aromatic N) is 6. The largest absolute Gasteiger partial charge is 0.340 e. The summed E-state index contributed by atoms with van der Waals surface area (Å²) in [5, 5.41) is 12.1. The Bertz CT molecular complexity index is 719. The minimum atomic E-state index is 0.281. The molecule has 2 aliphatic rings. The predicted molar refractivity (Wildman–Crippen MR) is 97.3 cm³/mol. The number of tetrazole rings is 1. The smallest absolute Gasteiger partial charge is 0.222 e. The molecule has 1 amide bonds. The summed E-state index contributed by atoms with van der Waals surface area (Å²) in [6, 6.07) is 10.9. The highest BCUT2D eigenvalue weighted by molar-refractivity contribution is 5.76. The lowest BCUT2D eigenvalue weighted by Crippen LogP contribution is -2.48. The molecule has 0 bridgehead atoms. The summed E-state index contributed by atoms with van der Waals surface area (Å²) in [5.41, 5.74) is 1.30. The van der Waals surface area contributed by atoms with Gasteiger partial charge in [0.25, 0.3) is 0 Å². The van der Waals surface area contributed by atoms with E-state index in [2.05, 4.69) is 44.7 Å². The third-order valence-corrected chi connectivity index (χ3v) is 5.24. The van der Waals surface area contributed by atoms with Gasteiger partial charge in [0.2, 0.25) is 5.91 Å². The van der Waals surface area contributed by atoms with Gasteiger partial charge < -0.3 is 4.90 Å². The molecular formula is C19H26N6O. The number of hydrogen-bond acceptors (Lipinski definition) is 5. The first-order valence-electron chi connectivity index (χ1n) is 9.60. The van der Waals surface area contributed by atoms with Gasteiger partial charge in [0.15, 0.2) is 5.82 Å². The first-order valence-corrected chi connectivity index (χ1v) is 9.60. The molecule has 2 aromatic rings. The van der Waals surface area contributed by atoms with Crippen molar-refractivity contribution in [2.75, 3.05) is 26.2 Å². The van der Waals surface area contributed by atoms with E-state index in [1.54, 1.807) is 0 Å². The van der Waals surface area contributed by atoms with E-state index in [9.17, 15) is 4.79 Å². The van der Waals surface area contributed by atoms with Gasteiger partial charge >= 0.3 is 0 Å². The summed E-state index contributed by atoms with van der Waals surface area (Å²) in [7, 11) is 0. The second-order valence-corrected chi connectivity index (χ2v) is 7.27. The van der Waals surface area contributed by atoms with Gasteiger partial charge in [-0.2, -0.15) is 0 Å². The molecule has 1 saturated heterocycles. The Morgan fingerprint density at radius 1 is 1.08 bits per heavy atom. The summed E-state index contributed by atoms with van der Waals surface area (Å²) in [4.78, 5) is 16.8. The highest BCUT2D eigenvalue weighted by atomic mass is 16.2. The van der Waals surface area contributed by atoms with Gasteiger partial charge in [0, 0.05) is 32.6 Å². The molecule has 138 valence electrons. The summed E-state index contributed by atoms with van der Waals surface area (Å²) in [6.07, 6.45) is 4.89. The number of hydrogen-bond donors (Lipinski definition) is 0. The number of aryl methyl sites for hydroxylation is 1. The maximum atomic E-state index is 12.4. The van der Waals surface area contributed by atoms with Crippen molar-refractivity contribution in [3.05, 3.63) is 41.7 Å². The van der Waals surface area contributed by atoms with Crippen LogP contribution in [0.3, 0.4) is 0 Å². The Hall–Kier alpha value is -2.28. The minimum absolute atomic E-state index is 0.281. The number of piperazine rings is 1. The van der Waals surface area contributed by atoms with E-state index in [4.69, 9.17) is 0 Å². The molecule has 1 aliphatic carbocycles. The molecule has 1 aromatic carbocycles.